The van der Waals surface area contributed by atoms with Gasteiger partial charge in [-0.1, -0.05) is 19.0 Å². The Labute approximate surface area is 73.6 Å². The summed E-state index contributed by atoms with van der Waals surface area (Å²) in [4.78, 5) is 6.02. The van der Waals surface area contributed by atoms with Gasteiger partial charge in [-0.15, -0.1) is 0 Å². The highest BCUT2D eigenvalue weighted by Crippen LogP contribution is 1.96. The standard InChI is InChI=1S/C6H11N3O.C2H6/c1-5-7-6(8-10-5)4-9(2)3;1-2/h4H2,1-3H3;1-2H3. The maximum Gasteiger partial charge on any atom is 0.223 e. The topological polar surface area (TPSA) is 42.2 Å². The summed E-state index contributed by atoms with van der Waals surface area (Å²) in [5.41, 5.74) is 0. The van der Waals surface area contributed by atoms with Crippen molar-refractivity contribution in [2.24, 2.45) is 0 Å². The SMILES string of the molecule is CC.Cc1nc(CN(C)C)no1. The van der Waals surface area contributed by atoms with Gasteiger partial charge in [0.2, 0.25) is 5.89 Å². The van der Waals surface area contributed by atoms with Gasteiger partial charge in [-0.05, 0) is 14.1 Å². The second-order valence-corrected chi connectivity index (χ2v) is 2.47. The summed E-state index contributed by atoms with van der Waals surface area (Å²) in [6, 6.07) is 0. The van der Waals surface area contributed by atoms with Crippen LogP contribution in [-0.4, -0.2) is 29.1 Å². The molecule has 70 valence electrons. The average Bonchev–Trinajstić information content (AvgIpc) is 2.39. The third-order valence-electron chi connectivity index (χ3n) is 1.03. The molecule has 1 rings (SSSR count). The Balaban J connectivity index is 0.000000561. The second kappa shape index (κ2) is 5.71. The lowest BCUT2D eigenvalue weighted by molar-refractivity contribution is 0.355. The first kappa shape index (κ1) is 11.1. The molecular weight excluding hydrogens is 154 g/mol. The minimum Gasteiger partial charge on any atom is -0.340 e. The van der Waals surface area contributed by atoms with Crippen LogP contribution in [-0.2, 0) is 6.54 Å². The molecule has 0 aliphatic carbocycles. The summed E-state index contributed by atoms with van der Waals surface area (Å²) in [6.07, 6.45) is 0. The van der Waals surface area contributed by atoms with Crippen LogP contribution in [0.3, 0.4) is 0 Å². The molecule has 0 aliphatic heterocycles. The largest absolute Gasteiger partial charge is 0.340 e. The highest BCUT2D eigenvalue weighted by atomic mass is 16.5. The summed E-state index contributed by atoms with van der Waals surface area (Å²) < 4.78 is 4.78. The molecule has 0 atom stereocenters. The quantitative estimate of drug-likeness (QED) is 0.675. The van der Waals surface area contributed by atoms with Gasteiger partial charge in [0.15, 0.2) is 5.82 Å². The average molecular weight is 171 g/mol. The number of aromatic nitrogens is 2. The van der Waals surface area contributed by atoms with E-state index in [1.54, 1.807) is 6.92 Å². The summed E-state index contributed by atoms with van der Waals surface area (Å²) >= 11 is 0. The van der Waals surface area contributed by atoms with E-state index >= 15 is 0 Å². The van der Waals surface area contributed by atoms with Crippen LogP contribution < -0.4 is 0 Å². The summed E-state index contributed by atoms with van der Waals surface area (Å²) in [5, 5.41) is 3.73. The van der Waals surface area contributed by atoms with E-state index in [1.165, 1.54) is 0 Å². The molecule has 0 unspecified atom stereocenters. The summed E-state index contributed by atoms with van der Waals surface area (Å²) in [6.45, 7) is 6.52. The Morgan fingerprint density at radius 1 is 1.33 bits per heavy atom. The fraction of sp³-hybridized carbons (Fsp3) is 0.750. The van der Waals surface area contributed by atoms with Gasteiger partial charge in [-0.2, -0.15) is 4.98 Å². The zero-order chi connectivity index (χ0) is 9.56. The molecule has 1 aromatic rings. The van der Waals surface area contributed by atoms with Crippen LogP contribution in [0.1, 0.15) is 25.6 Å². The molecule has 0 aromatic carbocycles. The maximum absolute atomic E-state index is 4.78. The Morgan fingerprint density at radius 3 is 2.25 bits per heavy atom. The monoisotopic (exact) mass is 171 g/mol. The van der Waals surface area contributed by atoms with Crippen molar-refractivity contribution >= 4 is 0 Å². The van der Waals surface area contributed by atoms with Crippen molar-refractivity contribution in [1.29, 1.82) is 0 Å². The summed E-state index contributed by atoms with van der Waals surface area (Å²) in [5.74, 6) is 1.36. The lowest BCUT2D eigenvalue weighted by atomic mass is 10.5. The van der Waals surface area contributed by atoms with Crippen LogP contribution in [0.15, 0.2) is 4.52 Å². The van der Waals surface area contributed by atoms with Crippen LogP contribution in [0.2, 0.25) is 0 Å². The van der Waals surface area contributed by atoms with E-state index in [-0.39, 0.29) is 0 Å². The Hall–Kier alpha value is -0.900. The number of hydrogen-bond acceptors (Lipinski definition) is 4. The number of hydrogen-bond donors (Lipinski definition) is 0. The van der Waals surface area contributed by atoms with E-state index < -0.39 is 0 Å². The molecule has 0 amide bonds. The first-order chi connectivity index (χ1) is 5.68. The molecule has 0 saturated heterocycles. The molecule has 4 heteroatoms. The van der Waals surface area contributed by atoms with E-state index in [0.29, 0.717) is 5.89 Å². The first-order valence-electron chi connectivity index (χ1n) is 4.12. The van der Waals surface area contributed by atoms with Gasteiger partial charge in [0.25, 0.3) is 0 Å². The van der Waals surface area contributed by atoms with Crippen molar-refractivity contribution in [3.63, 3.8) is 0 Å². The van der Waals surface area contributed by atoms with Gasteiger partial charge in [-0.3, -0.25) is 0 Å². The molecule has 0 spiro atoms. The molecule has 1 aromatic heterocycles. The lowest BCUT2D eigenvalue weighted by Crippen LogP contribution is -2.11. The normalized spacial score (nSPS) is 9.50. The van der Waals surface area contributed by atoms with E-state index in [1.807, 2.05) is 32.8 Å². The molecule has 0 radical (unpaired) electrons. The van der Waals surface area contributed by atoms with Crippen LogP contribution in [0.25, 0.3) is 0 Å². The van der Waals surface area contributed by atoms with Gasteiger partial charge in [0.05, 0.1) is 6.54 Å². The van der Waals surface area contributed by atoms with Crippen molar-refractivity contribution in [2.45, 2.75) is 27.3 Å². The van der Waals surface area contributed by atoms with Crippen molar-refractivity contribution in [3.8, 4) is 0 Å². The Morgan fingerprint density at radius 2 is 1.92 bits per heavy atom. The highest BCUT2D eigenvalue weighted by Gasteiger charge is 2.01. The first-order valence-corrected chi connectivity index (χ1v) is 4.12. The molecule has 0 bridgehead atoms. The van der Waals surface area contributed by atoms with Gasteiger partial charge in [-0.25, -0.2) is 0 Å². The third kappa shape index (κ3) is 4.08. The van der Waals surface area contributed by atoms with E-state index in [0.717, 1.165) is 12.4 Å². The van der Waals surface area contributed by atoms with Crippen LogP contribution >= 0.6 is 0 Å². The van der Waals surface area contributed by atoms with E-state index in [2.05, 4.69) is 10.1 Å². The molecule has 12 heavy (non-hydrogen) atoms. The lowest BCUT2D eigenvalue weighted by Gasteiger charge is -2.02. The molecule has 1 heterocycles. The number of rotatable bonds is 2. The van der Waals surface area contributed by atoms with Crippen molar-refractivity contribution < 1.29 is 4.52 Å². The molecule has 4 nitrogen and oxygen atoms in total. The zero-order valence-corrected chi connectivity index (χ0v) is 8.46. The molecule has 0 saturated carbocycles. The fourth-order valence-electron chi connectivity index (χ4n) is 0.688. The highest BCUT2D eigenvalue weighted by molar-refractivity contribution is 4.82. The predicted octanol–water partition coefficient (Wildman–Crippen LogP) is 1.47. The molecule has 0 fully saturated rings. The minimum atomic E-state index is 0.622. The predicted molar refractivity (Wildman–Crippen MR) is 47.8 cm³/mol. The van der Waals surface area contributed by atoms with Crippen molar-refractivity contribution in [2.75, 3.05) is 14.1 Å². The van der Waals surface area contributed by atoms with Gasteiger partial charge in [0.1, 0.15) is 0 Å². The summed E-state index contributed by atoms with van der Waals surface area (Å²) in [7, 11) is 3.93. The smallest absolute Gasteiger partial charge is 0.223 e. The number of aryl methyl sites for hydroxylation is 1. The van der Waals surface area contributed by atoms with Crippen LogP contribution in [0.5, 0.6) is 0 Å². The van der Waals surface area contributed by atoms with Gasteiger partial charge < -0.3 is 9.42 Å². The third-order valence-corrected chi connectivity index (χ3v) is 1.03. The Kier molecular flexibility index (Phi) is 5.28. The maximum atomic E-state index is 4.78. The molecular formula is C8H17N3O. The van der Waals surface area contributed by atoms with Crippen LogP contribution in [0, 0.1) is 6.92 Å². The minimum absolute atomic E-state index is 0.622. The molecule has 0 N–H and O–H groups in total. The second-order valence-electron chi connectivity index (χ2n) is 2.47. The van der Waals surface area contributed by atoms with Crippen molar-refractivity contribution in [1.82, 2.24) is 15.0 Å². The van der Waals surface area contributed by atoms with Gasteiger partial charge >= 0.3 is 0 Å². The van der Waals surface area contributed by atoms with E-state index in [4.69, 9.17) is 4.52 Å². The number of nitrogens with zero attached hydrogens (tertiary/aromatic N) is 3. The van der Waals surface area contributed by atoms with E-state index in [9.17, 15) is 0 Å². The Bertz CT molecular complexity index is 208. The van der Waals surface area contributed by atoms with Crippen molar-refractivity contribution in [3.05, 3.63) is 11.7 Å². The van der Waals surface area contributed by atoms with Gasteiger partial charge in [0, 0.05) is 6.92 Å². The fourth-order valence-corrected chi connectivity index (χ4v) is 0.688. The zero-order valence-electron chi connectivity index (χ0n) is 8.46. The molecule has 0 aliphatic rings. The van der Waals surface area contributed by atoms with Crippen LogP contribution in [0.4, 0.5) is 0 Å².